The number of ether oxygens (including phenoxy) is 1. The van der Waals surface area contributed by atoms with Crippen molar-refractivity contribution < 1.29 is 13.2 Å². The molecular weight excluding hydrogens is 286 g/mol. The van der Waals surface area contributed by atoms with Gasteiger partial charge in [-0.15, -0.1) is 0 Å². The van der Waals surface area contributed by atoms with E-state index in [1.165, 1.54) is 12.8 Å². The Labute approximate surface area is 129 Å². The summed E-state index contributed by atoms with van der Waals surface area (Å²) in [5, 5.41) is 3.50. The van der Waals surface area contributed by atoms with Gasteiger partial charge in [-0.25, -0.2) is 8.42 Å². The third-order valence-corrected chi connectivity index (χ3v) is 6.64. The maximum atomic E-state index is 11.7. The second kappa shape index (κ2) is 7.93. The van der Waals surface area contributed by atoms with Crippen molar-refractivity contribution in [3.8, 4) is 0 Å². The first-order chi connectivity index (χ1) is 9.96. The highest BCUT2D eigenvalue weighted by molar-refractivity contribution is 7.91. The zero-order chi connectivity index (χ0) is 15.3. The van der Waals surface area contributed by atoms with Crippen molar-refractivity contribution in [1.29, 1.82) is 0 Å². The molecule has 21 heavy (non-hydrogen) atoms. The third-order valence-electron chi connectivity index (χ3n) is 4.85. The average molecular weight is 317 g/mol. The molecule has 0 radical (unpaired) electrons. The Morgan fingerprint density at radius 1 is 1.29 bits per heavy atom. The Kier molecular flexibility index (Phi) is 6.51. The predicted molar refractivity (Wildman–Crippen MR) is 86.2 cm³/mol. The van der Waals surface area contributed by atoms with E-state index in [9.17, 15) is 8.42 Å². The van der Waals surface area contributed by atoms with Crippen LogP contribution in [0.5, 0.6) is 0 Å². The molecule has 0 aromatic carbocycles. The molecule has 0 aromatic heterocycles. The summed E-state index contributed by atoms with van der Waals surface area (Å²) in [6.07, 6.45) is 7.13. The lowest BCUT2D eigenvalue weighted by atomic mass is 9.86. The number of rotatable bonds is 8. The summed E-state index contributed by atoms with van der Waals surface area (Å²) in [6.45, 7) is 6.16. The molecule has 0 saturated carbocycles. The average Bonchev–Trinajstić information content (AvgIpc) is 3.02. The number of hydrogen-bond donors (Lipinski definition) is 1. The minimum atomic E-state index is -2.77. The molecule has 1 N–H and O–H groups in total. The van der Waals surface area contributed by atoms with Gasteiger partial charge in [-0.3, -0.25) is 0 Å². The fourth-order valence-electron chi connectivity index (χ4n) is 3.57. The molecule has 3 unspecified atom stereocenters. The van der Waals surface area contributed by atoms with Crippen LogP contribution >= 0.6 is 0 Å². The molecule has 2 heterocycles. The second-order valence-electron chi connectivity index (χ2n) is 7.05. The summed E-state index contributed by atoms with van der Waals surface area (Å²) in [6, 6.07) is 0.462. The normalized spacial score (nSPS) is 30.0. The Bertz CT molecular complexity index is 402. The molecule has 4 nitrogen and oxygen atoms in total. The minimum absolute atomic E-state index is 0.353. The zero-order valence-electron chi connectivity index (χ0n) is 13.5. The standard InChI is InChI=1S/C16H31NO3S/c1-13(2)17-11-14(15-8-10-21(18,19)12-15)5-3-6-16-7-4-9-20-16/h13-17H,3-12H2,1-2H3. The van der Waals surface area contributed by atoms with Gasteiger partial charge in [0.25, 0.3) is 0 Å². The van der Waals surface area contributed by atoms with E-state index in [1.807, 2.05) is 0 Å². The highest BCUT2D eigenvalue weighted by Gasteiger charge is 2.33. The molecule has 3 atom stereocenters. The zero-order valence-corrected chi connectivity index (χ0v) is 14.3. The summed E-state index contributed by atoms with van der Waals surface area (Å²) >= 11 is 0. The van der Waals surface area contributed by atoms with Gasteiger partial charge >= 0.3 is 0 Å². The van der Waals surface area contributed by atoms with Gasteiger partial charge in [0.05, 0.1) is 17.6 Å². The molecular formula is C16H31NO3S. The van der Waals surface area contributed by atoms with E-state index in [2.05, 4.69) is 19.2 Å². The molecule has 5 heteroatoms. The fourth-order valence-corrected chi connectivity index (χ4v) is 5.49. The summed E-state index contributed by atoms with van der Waals surface area (Å²) < 4.78 is 29.1. The lowest BCUT2D eigenvalue weighted by Crippen LogP contribution is -2.33. The molecule has 2 saturated heterocycles. The van der Waals surface area contributed by atoms with Crippen LogP contribution in [0.4, 0.5) is 0 Å². The van der Waals surface area contributed by atoms with Gasteiger partial charge in [0, 0.05) is 12.6 Å². The summed E-state index contributed by atoms with van der Waals surface area (Å²) in [5.41, 5.74) is 0. The molecule has 0 bridgehead atoms. The Morgan fingerprint density at radius 3 is 2.67 bits per heavy atom. The quantitative estimate of drug-likeness (QED) is 0.747. The largest absolute Gasteiger partial charge is 0.378 e. The lowest BCUT2D eigenvalue weighted by Gasteiger charge is -2.24. The first kappa shape index (κ1) is 17.2. The predicted octanol–water partition coefficient (Wildman–Crippen LogP) is 2.38. The van der Waals surface area contributed by atoms with Gasteiger partial charge < -0.3 is 10.1 Å². The van der Waals surface area contributed by atoms with Gasteiger partial charge in [-0.1, -0.05) is 20.3 Å². The molecule has 2 aliphatic rings. The van der Waals surface area contributed by atoms with E-state index in [4.69, 9.17) is 4.74 Å². The van der Waals surface area contributed by atoms with Crippen molar-refractivity contribution in [2.75, 3.05) is 24.7 Å². The van der Waals surface area contributed by atoms with Crippen LogP contribution in [-0.2, 0) is 14.6 Å². The fraction of sp³-hybridized carbons (Fsp3) is 1.00. The molecule has 2 rings (SSSR count). The number of nitrogens with one attached hydrogen (secondary N) is 1. The second-order valence-corrected chi connectivity index (χ2v) is 9.28. The van der Waals surface area contributed by atoms with Crippen LogP contribution in [0.3, 0.4) is 0 Å². The molecule has 124 valence electrons. The van der Waals surface area contributed by atoms with Crippen LogP contribution in [0.25, 0.3) is 0 Å². The van der Waals surface area contributed by atoms with Crippen LogP contribution in [0, 0.1) is 11.8 Å². The van der Waals surface area contributed by atoms with Crippen molar-refractivity contribution in [3.63, 3.8) is 0 Å². The highest BCUT2D eigenvalue weighted by Crippen LogP contribution is 2.30. The molecule has 0 spiro atoms. The number of sulfone groups is 1. The Morgan fingerprint density at radius 2 is 2.10 bits per heavy atom. The van der Waals surface area contributed by atoms with Gasteiger partial charge in [0.2, 0.25) is 0 Å². The molecule has 0 aliphatic carbocycles. The van der Waals surface area contributed by atoms with E-state index >= 15 is 0 Å². The Hall–Kier alpha value is -0.130. The highest BCUT2D eigenvalue weighted by atomic mass is 32.2. The smallest absolute Gasteiger partial charge is 0.150 e. The van der Waals surface area contributed by atoms with Crippen molar-refractivity contribution in [3.05, 3.63) is 0 Å². The van der Waals surface area contributed by atoms with E-state index < -0.39 is 9.84 Å². The maximum Gasteiger partial charge on any atom is 0.150 e. The van der Waals surface area contributed by atoms with Crippen LogP contribution in [-0.4, -0.2) is 45.2 Å². The van der Waals surface area contributed by atoms with Crippen LogP contribution in [0.2, 0.25) is 0 Å². The van der Waals surface area contributed by atoms with Crippen molar-refractivity contribution >= 4 is 9.84 Å². The SMILES string of the molecule is CC(C)NCC(CCCC1CCCO1)C1CCS(=O)(=O)C1. The lowest BCUT2D eigenvalue weighted by molar-refractivity contribution is 0.0996. The molecule has 2 fully saturated rings. The van der Waals surface area contributed by atoms with E-state index in [1.54, 1.807) is 0 Å². The molecule has 0 aromatic rings. The maximum absolute atomic E-state index is 11.7. The van der Waals surface area contributed by atoms with Crippen LogP contribution in [0.1, 0.15) is 52.4 Å². The van der Waals surface area contributed by atoms with E-state index in [-0.39, 0.29) is 0 Å². The van der Waals surface area contributed by atoms with E-state index in [0.29, 0.717) is 35.5 Å². The van der Waals surface area contributed by atoms with Gasteiger partial charge in [-0.05, 0) is 50.5 Å². The van der Waals surface area contributed by atoms with Crippen molar-refractivity contribution in [2.24, 2.45) is 11.8 Å². The van der Waals surface area contributed by atoms with Gasteiger partial charge in [0.15, 0.2) is 9.84 Å². The summed E-state index contributed by atoms with van der Waals surface area (Å²) in [7, 11) is -2.77. The van der Waals surface area contributed by atoms with Crippen molar-refractivity contribution in [2.45, 2.75) is 64.5 Å². The third kappa shape index (κ3) is 5.87. The monoisotopic (exact) mass is 317 g/mol. The molecule has 2 aliphatic heterocycles. The summed E-state index contributed by atoms with van der Waals surface area (Å²) in [4.78, 5) is 0. The summed E-state index contributed by atoms with van der Waals surface area (Å²) in [5.74, 6) is 1.63. The minimum Gasteiger partial charge on any atom is -0.378 e. The topological polar surface area (TPSA) is 55.4 Å². The first-order valence-corrected chi connectivity index (χ1v) is 10.3. The van der Waals surface area contributed by atoms with Crippen molar-refractivity contribution in [1.82, 2.24) is 5.32 Å². The van der Waals surface area contributed by atoms with Gasteiger partial charge in [0.1, 0.15) is 0 Å². The first-order valence-electron chi connectivity index (χ1n) is 8.51. The number of hydrogen-bond acceptors (Lipinski definition) is 4. The Balaban J connectivity index is 1.79. The van der Waals surface area contributed by atoms with Gasteiger partial charge in [-0.2, -0.15) is 0 Å². The van der Waals surface area contributed by atoms with Crippen LogP contribution < -0.4 is 5.32 Å². The molecule has 0 amide bonds. The van der Waals surface area contributed by atoms with Crippen LogP contribution in [0.15, 0.2) is 0 Å². The van der Waals surface area contributed by atoms with E-state index in [0.717, 1.165) is 38.8 Å².